The van der Waals surface area contributed by atoms with Crippen LogP contribution in [0.15, 0.2) is 52.9 Å². The Bertz CT molecular complexity index is 798. The first-order valence-corrected chi connectivity index (χ1v) is 9.12. The topological polar surface area (TPSA) is 61.3 Å². The van der Waals surface area contributed by atoms with Crippen LogP contribution in [0.5, 0.6) is 0 Å². The normalized spacial score (nSPS) is 20.5. The molecule has 0 amide bonds. The fraction of sp³-hybridized carbons (Fsp3) is 0.381. The van der Waals surface area contributed by atoms with E-state index >= 15 is 0 Å². The van der Waals surface area contributed by atoms with E-state index in [4.69, 9.17) is 14.9 Å². The monoisotopic (exact) mass is 372 g/mol. The SMILES string of the molecule is Cl.NC1CCCCCC1OCc1ccc(-c2nc3ccccc3o2)cc1. The zero-order valence-electron chi connectivity index (χ0n) is 14.8. The van der Waals surface area contributed by atoms with Crippen LogP contribution in [-0.2, 0) is 11.3 Å². The van der Waals surface area contributed by atoms with Crippen molar-refractivity contribution in [1.82, 2.24) is 4.98 Å². The number of nitrogens with two attached hydrogens (primary N) is 1. The summed E-state index contributed by atoms with van der Waals surface area (Å²) in [4.78, 5) is 4.54. The van der Waals surface area contributed by atoms with Crippen molar-refractivity contribution in [3.8, 4) is 11.5 Å². The molecular weight excluding hydrogens is 348 g/mol. The molecule has 5 heteroatoms. The van der Waals surface area contributed by atoms with Gasteiger partial charge in [0.15, 0.2) is 5.58 Å². The Morgan fingerprint density at radius 1 is 1.00 bits per heavy atom. The molecule has 138 valence electrons. The van der Waals surface area contributed by atoms with Crippen LogP contribution in [-0.4, -0.2) is 17.1 Å². The van der Waals surface area contributed by atoms with E-state index in [1.807, 2.05) is 36.4 Å². The fourth-order valence-corrected chi connectivity index (χ4v) is 3.45. The highest BCUT2D eigenvalue weighted by molar-refractivity contribution is 5.85. The van der Waals surface area contributed by atoms with Crippen LogP contribution in [0.4, 0.5) is 0 Å². The number of fused-ring (bicyclic) bond motifs is 1. The molecule has 2 aromatic carbocycles. The Morgan fingerprint density at radius 2 is 1.77 bits per heavy atom. The highest BCUT2D eigenvalue weighted by Gasteiger charge is 2.20. The standard InChI is InChI=1S/C21H24N2O2.ClH/c22-17-6-2-1-3-8-19(17)24-14-15-10-12-16(13-11-15)21-23-18-7-4-5-9-20(18)25-21;/h4-5,7,9-13,17,19H,1-3,6,8,14,22H2;1H. The van der Waals surface area contributed by atoms with Crippen molar-refractivity contribution in [2.24, 2.45) is 5.73 Å². The van der Waals surface area contributed by atoms with E-state index in [9.17, 15) is 0 Å². The minimum absolute atomic E-state index is 0. The average Bonchev–Trinajstić information content (AvgIpc) is 2.97. The van der Waals surface area contributed by atoms with Gasteiger partial charge in [0.1, 0.15) is 5.52 Å². The van der Waals surface area contributed by atoms with Crippen molar-refractivity contribution in [1.29, 1.82) is 0 Å². The number of ether oxygens (including phenoxy) is 1. The fourth-order valence-electron chi connectivity index (χ4n) is 3.45. The molecule has 0 saturated heterocycles. The van der Waals surface area contributed by atoms with Gasteiger partial charge in [0, 0.05) is 11.6 Å². The van der Waals surface area contributed by atoms with Gasteiger partial charge in [0.25, 0.3) is 0 Å². The second-order valence-corrected chi connectivity index (χ2v) is 6.83. The van der Waals surface area contributed by atoms with Gasteiger partial charge in [-0.1, -0.05) is 43.5 Å². The Kier molecular flexibility index (Phi) is 6.30. The predicted octanol–water partition coefficient (Wildman–Crippen LogP) is 5.09. The van der Waals surface area contributed by atoms with Gasteiger partial charge in [0.2, 0.25) is 5.89 Å². The summed E-state index contributed by atoms with van der Waals surface area (Å²) in [6.07, 6.45) is 6.03. The Morgan fingerprint density at radius 3 is 2.58 bits per heavy atom. The van der Waals surface area contributed by atoms with Crippen LogP contribution in [0.2, 0.25) is 0 Å². The molecule has 2 unspecified atom stereocenters. The number of nitrogens with zero attached hydrogens (tertiary/aromatic N) is 1. The van der Waals surface area contributed by atoms with E-state index in [2.05, 4.69) is 17.1 Å². The summed E-state index contributed by atoms with van der Waals surface area (Å²) in [5.41, 5.74) is 10.1. The first-order valence-electron chi connectivity index (χ1n) is 9.12. The molecule has 1 aromatic heterocycles. The number of rotatable bonds is 4. The van der Waals surface area contributed by atoms with E-state index in [1.54, 1.807) is 0 Å². The number of oxazole rings is 1. The number of aromatic nitrogens is 1. The second kappa shape index (κ2) is 8.67. The van der Waals surface area contributed by atoms with Crippen LogP contribution in [0, 0.1) is 0 Å². The van der Waals surface area contributed by atoms with Crippen molar-refractivity contribution in [2.45, 2.75) is 50.9 Å². The molecule has 4 nitrogen and oxygen atoms in total. The van der Waals surface area contributed by atoms with Crippen LogP contribution in [0.3, 0.4) is 0 Å². The molecule has 1 aliphatic carbocycles. The lowest BCUT2D eigenvalue weighted by molar-refractivity contribution is 0.0194. The lowest BCUT2D eigenvalue weighted by atomic mass is 10.1. The molecule has 4 rings (SSSR count). The van der Waals surface area contributed by atoms with E-state index in [0.29, 0.717) is 12.5 Å². The largest absolute Gasteiger partial charge is 0.436 e. The maximum atomic E-state index is 6.23. The summed E-state index contributed by atoms with van der Waals surface area (Å²) in [5, 5.41) is 0. The molecule has 1 fully saturated rings. The molecule has 0 aliphatic heterocycles. The van der Waals surface area contributed by atoms with Crippen molar-refractivity contribution >= 4 is 23.5 Å². The van der Waals surface area contributed by atoms with E-state index in [1.165, 1.54) is 19.3 Å². The molecule has 0 radical (unpaired) electrons. The van der Waals surface area contributed by atoms with Gasteiger partial charge in [-0.05, 0) is 42.7 Å². The quantitative estimate of drug-likeness (QED) is 0.647. The summed E-state index contributed by atoms with van der Waals surface area (Å²) in [7, 11) is 0. The number of halogens is 1. The summed E-state index contributed by atoms with van der Waals surface area (Å²) < 4.78 is 11.9. The van der Waals surface area contributed by atoms with Crippen LogP contribution in [0.25, 0.3) is 22.6 Å². The Balaban J connectivity index is 0.00000196. The van der Waals surface area contributed by atoms with Crippen molar-refractivity contribution in [2.75, 3.05) is 0 Å². The first kappa shape index (κ1) is 18.9. The van der Waals surface area contributed by atoms with Gasteiger partial charge in [0.05, 0.1) is 12.7 Å². The molecule has 2 atom stereocenters. The zero-order chi connectivity index (χ0) is 17.1. The lowest BCUT2D eigenvalue weighted by Crippen LogP contribution is -2.35. The highest BCUT2D eigenvalue weighted by Crippen LogP contribution is 2.25. The third-order valence-corrected chi connectivity index (χ3v) is 4.96. The number of hydrogen-bond acceptors (Lipinski definition) is 4. The summed E-state index contributed by atoms with van der Waals surface area (Å²) in [6.45, 7) is 0.603. The van der Waals surface area contributed by atoms with Crippen molar-refractivity contribution in [3.63, 3.8) is 0 Å². The highest BCUT2D eigenvalue weighted by atomic mass is 35.5. The molecule has 1 saturated carbocycles. The molecule has 26 heavy (non-hydrogen) atoms. The van der Waals surface area contributed by atoms with Crippen LogP contribution >= 0.6 is 12.4 Å². The third-order valence-electron chi connectivity index (χ3n) is 4.96. The Labute approximate surface area is 160 Å². The van der Waals surface area contributed by atoms with Gasteiger partial charge < -0.3 is 14.9 Å². The summed E-state index contributed by atoms with van der Waals surface area (Å²) >= 11 is 0. The average molecular weight is 373 g/mol. The summed E-state index contributed by atoms with van der Waals surface area (Å²) in [6, 6.07) is 16.2. The number of benzene rings is 2. The maximum absolute atomic E-state index is 6.23. The van der Waals surface area contributed by atoms with Crippen molar-refractivity contribution in [3.05, 3.63) is 54.1 Å². The zero-order valence-corrected chi connectivity index (χ0v) is 15.6. The van der Waals surface area contributed by atoms with Gasteiger partial charge in [-0.3, -0.25) is 0 Å². The van der Waals surface area contributed by atoms with Gasteiger partial charge >= 0.3 is 0 Å². The Hall–Kier alpha value is -1.88. The molecule has 3 aromatic rings. The number of para-hydroxylation sites is 2. The van der Waals surface area contributed by atoms with Gasteiger partial charge in [-0.25, -0.2) is 4.98 Å². The molecule has 0 spiro atoms. The number of hydrogen-bond donors (Lipinski definition) is 1. The molecule has 0 bridgehead atoms. The minimum atomic E-state index is 0. The predicted molar refractivity (Wildman–Crippen MR) is 106 cm³/mol. The molecule has 2 N–H and O–H groups in total. The van der Waals surface area contributed by atoms with E-state index in [0.717, 1.165) is 35.1 Å². The molecular formula is C21H25ClN2O2. The maximum Gasteiger partial charge on any atom is 0.227 e. The summed E-state index contributed by atoms with van der Waals surface area (Å²) in [5.74, 6) is 0.652. The van der Waals surface area contributed by atoms with Gasteiger partial charge in [-0.15, -0.1) is 12.4 Å². The van der Waals surface area contributed by atoms with Gasteiger partial charge in [-0.2, -0.15) is 0 Å². The lowest BCUT2D eigenvalue weighted by Gasteiger charge is -2.21. The van der Waals surface area contributed by atoms with E-state index in [-0.39, 0.29) is 24.6 Å². The second-order valence-electron chi connectivity index (χ2n) is 6.83. The van der Waals surface area contributed by atoms with Crippen LogP contribution in [0.1, 0.15) is 37.7 Å². The first-order chi connectivity index (χ1) is 12.3. The minimum Gasteiger partial charge on any atom is -0.436 e. The van der Waals surface area contributed by atoms with E-state index < -0.39 is 0 Å². The molecule has 1 aliphatic rings. The smallest absolute Gasteiger partial charge is 0.227 e. The molecule has 1 heterocycles. The third kappa shape index (κ3) is 4.26. The van der Waals surface area contributed by atoms with Crippen LogP contribution < -0.4 is 5.73 Å². The van der Waals surface area contributed by atoms with Crippen molar-refractivity contribution < 1.29 is 9.15 Å².